The van der Waals surface area contributed by atoms with Gasteiger partial charge >= 0.3 is 0 Å². The summed E-state index contributed by atoms with van der Waals surface area (Å²) in [6, 6.07) is 7.94. The van der Waals surface area contributed by atoms with Crippen LogP contribution in [0.2, 0.25) is 0 Å². The Labute approximate surface area is 181 Å². The fourth-order valence-corrected chi connectivity index (χ4v) is 4.09. The van der Waals surface area contributed by atoms with E-state index in [0.717, 1.165) is 49.2 Å². The molecule has 1 amide bonds. The number of rotatable bonds is 5. The Morgan fingerprint density at radius 1 is 1.29 bits per heavy atom. The quantitative estimate of drug-likeness (QED) is 0.631. The summed E-state index contributed by atoms with van der Waals surface area (Å²) in [4.78, 5) is 26.4. The van der Waals surface area contributed by atoms with Gasteiger partial charge in [0.2, 0.25) is 11.7 Å². The van der Waals surface area contributed by atoms with Crippen molar-refractivity contribution < 1.29 is 9.53 Å². The van der Waals surface area contributed by atoms with E-state index < -0.39 is 0 Å². The summed E-state index contributed by atoms with van der Waals surface area (Å²) in [5, 5.41) is 9.30. The van der Waals surface area contributed by atoms with Crippen molar-refractivity contribution >= 4 is 17.1 Å². The third-order valence-electron chi connectivity index (χ3n) is 5.95. The lowest BCUT2D eigenvalue weighted by atomic mass is 9.94. The summed E-state index contributed by atoms with van der Waals surface area (Å²) >= 11 is 0. The molecule has 8 nitrogen and oxygen atoms in total. The van der Waals surface area contributed by atoms with Crippen molar-refractivity contribution in [3.63, 3.8) is 0 Å². The fourth-order valence-electron chi connectivity index (χ4n) is 4.09. The number of hydrogen-bond acceptors (Lipinski definition) is 6. The molecule has 8 heteroatoms. The van der Waals surface area contributed by atoms with Crippen LogP contribution in [-0.4, -0.2) is 50.0 Å². The minimum Gasteiger partial charge on any atom is -0.493 e. The fraction of sp³-hybridized carbons (Fsp3) is 0.435. The van der Waals surface area contributed by atoms with Crippen LogP contribution in [-0.2, 0) is 11.8 Å². The number of amides is 1. The number of aromatic nitrogens is 4. The molecule has 3 heterocycles. The van der Waals surface area contributed by atoms with Gasteiger partial charge in [-0.25, -0.2) is 9.97 Å². The van der Waals surface area contributed by atoms with E-state index in [0.29, 0.717) is 29.4 Å². The Hall–Kier alpha value is -3.47. The van der Waals surface area contributed by atoms with Gasteiger partial charge in [0, 0.05) is 32.6 Å². The number of aryl methyl sites for hydroxylation is 2. The summed E-state index contributed by atoms with van der Waals surface area (Å²) in [7, 11) is 1.85. The van der Waals surface area contributed by atoms with Crippen molar-refractivity contribution in [1.82, 2.24) is 24.4 Å². The zero-order chi connectivity index (χ0) is 22.0. The standard InChI is InChI=1S/C23H26N6O2/c1-15-12-18(21-22-23(28(3)14-25-22)27-20(13-24)26-21)4-5-19(15)31-11-8-17-6-9-29(10-7-17)16(2)30/h4-5,12,14,17H,6-11H2,1-3H3. The van der Waals surface area contributed by atoms with E-state index >= 15 is 0 Å². The Balaban J connectivity index is 1.44. The van der Waals surface area contributed by atoms with Crippen LogP contribution in [0.3, 0.4) is 0 Å². The summed E-state index contributed by atoms with van der Waals surface area (Å²) < 4.78 is 7.84. The first-order valence-corrected chi connectivity index (χ1v) is 10.5. The second-order valence-electron chi connectivity index (χ2n) is 8.10. The monoisotopic (exact) mass is 418 g/mol. The largest absolute Gasteiger partial charge is 0.493 e. The third-order valence-corrected chi connectivity index (χ3v) is 5.95. The molecule has 160 valence electrons. The average Bonchev–Trinajstić information content (AvgIpc) is 3.15. The van der Waals surface area contributed by atoms with Gasteiger partial charge < -0.3 is 14.2 Å². The molecule has 0 aliphatic carbocycles. The highest BCUT2D eigenvalue weighted by molar-refractivity contribution is 5.87. The maximum Gasteiger partial charge on any atom is 0.234 e. The number of ether oxygens (including phenoxy) is 1. The van der Waals surface area contributed by atoms with E-state index in [1.165, 1.54) is 0 Å². The molecule has 1 fully saturated rings. The minimum absolute atomic E-state index is 0.125. The SMILES string of the molecule is CC(=O)N1CCC(CCOc2ccc(-c3nc(C#N)nc4c3ncn4C)cc2C)CC1. The number of hydrogen-bond donors (Lipinski definition) is 0. The van der Waals surface area contributed by atoms with E-state index in [-0.39, 0.29) is 11.7 Å². The van der Waals surface area contributed by atoms with Gasteiger partial charge in [-0.2, -0.15) is 10.2 Å². The van der Waals surface area contributed by atoms with Crippen molar-refractivity contribution in [1.29, 1.82) is 5.26 Å². The zero-order valence-corrected chi connectivity index (χ0v) is 18.1. The van der Waals surface area contributed by atoms with E-state index in [4.69, 9.17) is 4.74 Å². The number of nitrogens with zero attached hydrogens (tertiary/aromatic N) is 6. The van der Waals surface area contributed by atoms with Gasteiger partial charge in [-0.3, -0.25) is 4.79 Å². The summed E-state index contributed by atoms with van der Waals surface area (Å²) in [5.74, 6) is 1.73. The van der Waals surface area contributed by atoms with Crippen LogP contribution in [0, 0.1) is 24.2 Å². The van der Waals surface area contributed by atoms with E-state index in [2.05, 4.69) is 15.0 Å². The molecule has 0 unspecified atom stereocenters. The zero-order valence-electron chi connectivity index (χ0n) is 18.1. The van der Waals surface area contributed by atoms with Crippen molar-refractivity contribution in [2.45, 2.75) is 33.1 Å². The van der Waals surface area contributed by atoms with Crippen LogP contribution < -0.4 is 4.74 Å². The van der Waals surface area contributed by atoms with Crippen molar-refractivity contribution in [3.05, 3.63) is 35.9 Å². The van der Waals surface area contributed by atoms with Gasteiger partial charge in [0.1, 0.15) is 23.0 Å². The van der Waals surface area contributed by atoms with Gasteiger partial charge in [-0.15, -0.1) is 0 Å². The predicted molar refractivity (Wildman–Crippen MR) is 116 cm³/mol. The predicted octanol–water partition coefficient (Wildman–Crippen LogP) is 3.24. The molecule has 0 atom stereocenters. The minimum atomic E-state index is 0.125. The van der Waals surface area contributed by atoms with Gasteiger partial charge in [-0.1, -0.05) is 0 Å². The van der Waals surface area contributed by atoms with Crippen molar-refractivity contribution in [2.24, 2.45) is 13.0 Å². The summed E-state index contributed by atoms with van der Waals surface area (Å²) in [6.07, 6.45) is 4.74. The Morgan fingerprint density at radius 2 is 2.06 bits per heavy atom. The molecule has 0 spiro atoms. The van der Waals surface area contributed by atoms with Crippen LogP contribution in [0.15, 0.2) is 24.5 Å². The molecular weight excluding hydrogens is 392 g/mol. The summed E-state index contributed by atoms with van der Waals surface area (Å²) in [6.45, 7) is 5.99. The molecule has 31 heavy (non-hydrogen) atoms. The molecule has 1 saturated heterocycles. The maximum absolute atomic E-state index is 11.5. The molecule has 0 saturated carbocycles. The highest BCUT2D eigenvalue weighted by Crippen LogP contribution is 2.29. The normalized spacial score (nSPS) is 14.6. The molecule has 1 aromatic carbocycles. The number of imidazole rings is 1. The number of nitriles is 1. The highest BCUT2D eigenvalue weighted by atomic mass is 16.5. The number of benzene rings is 1. The number of fused-ring (bicyclic) bond motifs is 1. The highest BCUT2D eigenvalue weighted by Gasteiger charge is 2.20. The van der Waals surface area contributed by atoms with Crippen molar-refractivity contribution in [2.75, 3.05) is 19.7 Å². The smallest absolute Gasteiger partial charge is 0.234 e. The first-order chi connectivity index (χ1) is 15.0. The molecule has 0 radical (unpaired) electrons. The van der Waals surface area contributed by atoms with Gasteiger partial charge in [0.05, 0.1) is 12.9 Å². The number of likely N-dealkylation sites (tertiary alicyclic amines) is 1. The molecule has 2 aromatic heterocycles. The Bertz CT molecular complexity index is 1150. The maximum atomic E-state index is 11.5. The average molecular weight is 419 g/mol. The van der Waals surface area contributed by atoms with Crippen LogP contribution in [0.25, 0.3) is 22.4 Å². The van der Waals surface area contributed by atoms with Crippen LogP contribution in [0.5, 0.6) is 5.75 Å². The lowest BCUT2D eigenvalue weighted by molar-refractivity contribution is -0.130. The van der Waals surface area contributed by atoms with Crippen LogP contribution in [0.1, 0.15) is 37.6 Å². The van der Waals surface area contributed by atoms with Gasteiger partial charge in [-0.05, 0) is 55.9 Å². The first-order valence-electron chi connectivity index (χ1n) is 10.5. The molecule has 4 rings (SSSR count). The summed E-state index contributed by atoms with van der Waals surface area (Å²) in [5.41, 5.74) is 3.84. The Kier molecular flexibility index (Phi) is 5.85. The molecule has 1 aliphatic rings. The second kappa shape index (κ2) is 8.72. The third kappa shape index (κ3) is 4.36. The molecule has 0 N–H and O–H groups in total. The van der Waals surface area contributed by atoms with E-state index in [1.54, 1.807) is 17.8 Å². The molecule has 0 bridgehead atoms. The topological polar surface area (TPSA) is 96.9 Å². The molecular formula is C23H26N6O2. The lowest BCUT2D eigenvalue weighted by Crippen LogP contribution is -2.37. The van der Waals surface area contributed by atoms with Crippen molar-refractivity contribution in [3.8, 4) is 23.1 Å². The first kappa shape index (κ1) is 20.8. The van der Waals surface area contributed by atoms with E-state index in [9.17, 15) is 10.1 Å². The van der Waals surface area contributed by atoms with E-state index in [1.807, 2.05) is 43.1 Å². The number of piperidine rings is 1. The lowest BCUT2D eigenvalue weighted by Gasteiger charge is -2.31. The molecule has 3 aromatic rings. The van der Waals surface area contributed by atoms with Gasteiger partial charge in [0.15, 0.2) is 5.65 Å². The van der Waals surface area contributed by atoms with Gasteiger partial charge in [0.25, 0.3) is 0 Å². The number of carbonyl (C=O) groups excluding carboxylic acids is 1. The van der Waals surface area contributed by atoms with Crippen LogP contribution in [0.4, 0.5) is 0 Å². The van der Waals surface area contributed by atoms with Crippen LogP contribution >= 0.6 is 0 Å². The second-order valence-corrected chi connectivity index (χ2v) is 8.10. The molecule has 1 aliphatic heterocycles. The number of carbonyl (C=O) groups is 1. The Morgan fingerprint density at radius 3 is 2.74 bits per heavy atom.